The average molecular weight is 409 g/mol. The molecule has 2 aromatic rings. The van der Waals surface area contributed by atoms with Crippen molar-refractivity contribution in [3.8, 4) is 5.75 Å². The molecule has 1 aromatic heterocycles. The Hall–Kier alpha value is -2.28. The molecule has 2 N–H and O–H groups in total. The zero-order valence-corrected chi connectivity index (χ0v) is 15.9. The summed E-state index contributed by atoms with van der Waals surface area (Å²) in [4.78, 5) is 23.8. The highest BCUT2D eigenvalue weighted by Gasteiger charge is 2.14. The van der Waals surface area contributed by atoms with Gasteiger partial charge in [-0.1, -0.05) is 12.1 Å². The van der Waals surface area contributed by atoms with E-state index >= 15 is 0 Å². The molecule has 0 radical (unpaired) electrons. The lowest BCUT2D eigenvalue weighted by Gasteiger charge is -2.16. The number of benzene rings is 1. The van der Waals surface area contributed by atoms with Crippen LogP contribution in [0.4, 0.5) is 0 Å². The van der Waals surface area contributed by atoms with Crippen molar-refractivity contribution in [3.63, 3.8) is 0 Å². The molecule has 1 unspecified atom stereocenters. The summed E-state index contributed by atoms with van der Waals surface area (Å²) in [5.41, 5.74) is 0.950. The van der Waals surface area contributed by atoms with Gasteiger partial charge in [-0.15, -0.1) is 0 Å². The summed E-state index contributed by atoms with van der Waals surface area (Å²) in [6, 6.07) is 10.5. The standard InChI is InChI=1S/C18H21BrN2O4/c1-11(2)24-14-6-4-13(5-7-14)12(3)21-17(22)10-20-18(23)15-8-9-16(19)25-15/h4-9,11-12H,10H2,1-3H3,(H,20,23)(H,21,22). The highest BCUT2D eigenvalue weighted by molar-refractivity contribution is 9.10. The molecule has 0 aliphatic carbocycles. The molecular formula is C18H21BrN2O4. The minimum absolute atomic E-state index is 0.112. The summed E-state index contributed by atoms with van der Waals surface area (Å²) in [5, 5.41) is 5.35. The molecule has 25 heavy (non-hydrogen) atoms. The van der Waals surface area contributed by atoms with Crippen molar-refractivity contribution in [3.05, 3.63) is 52.4 Å². The first-order valence-corrected chi connectivity index (χ1v) is 8.74. The van der Waals surface area contributed by atoms with Crippen LogP contribution >= 0.6 is 15.9 Å². The van der Waals surface area contributed by atoms with E-state index in [1.165, 1.54) is 6.07 Å². The average Bonchev–Trinajstić information content (AvgIpc) is 2.99. The molecule has 0 saturated carbocycles. The monoisotopic (exact) mass is 408 g/mol. The molecular weight excluding hydrogens is 388 g/mol. The Morgan fingerprint density at radius 3 is 2.36 bits per heavy atom. The molecule has 6 nitrogen and oxygen atoms in total. The molecule has 7 heteroatoms. The van der Waals surface area contributed by atoms with Crippen LogP contribution < -0.4 is 15.4 Å². The van der Waals surface area contributed by atoms with Crippen LogP contribution in [-0.4, -0.2) is 24.5 Å². The van der Waals surface area contributed by atoms with Crippen LogP contribution in [0.25, 0.3) is 0 Å². The van der Waals surface area contributed by atoms with Gasteiger partial charge in [0.1, 0.15) is 5.75 Å². The summed E-state index contributed by atoms with van der Waals surface area (Å²) < 4.78 is 11.2. The molecule has 2 amide bonds. The second kappa shape index (κ2) is 8.71. The smallest absolute Gasteiger partial charge is 0.287 e. The van der Waals surface area contributed by atoms with Gasteiger partial charge in [0.05, 0.1) is 18.7 Å². The van der Waals surface area contributed by atoms with Gasteiger partial charge in [0.25, 0.3) is 5.91 Å². The lowest BCUT2D eigenvalue weighted by atomic mass is 10.1. The Balaban J connectivity index is 1.82. The molecule has 0 aliphatic heterocycles. The Morgan fingerprint density at radius 2 is 1.80 bits per heavy atom. The van der Waals surface area contributed by atoms with E-state index in [9.17, 15) is 9.59 Å². The maximum Gasteiger partial charge on any atom is 0.287 e. The number of hydrogen-bond acceptors (Lipinski definition) is 4. The van der Waals surface area contributed by atoms with Gasteiger partial charge in [-0.3, -0.25) is 9.59 Å². The summed E-state index contributed by atoms with van der Waals surface area (Å²) in [6.07, 6.45) is 0.112. The van der Waals surface area contributed by atoms with Crippen molar-refractivity contribution in [1.29, 1.82) is 0 Å². The third kappa shape index (κ3) is 5.94. The quantitative estimate of drug-likeness (QED) is 0.734. The number of nitrogens with one attached hydrogen (secondary N) is 2. The number of rotatable bonds is 7. The van der Waals surface area contributed by atoms with Gasteiger partial charge in [0.15, 0.2) is 10.4 Å². The molecule has 0 bridgehead atoms. The highest BCUT2D eigenvalue weighted by Crippen LogP contribution is 2.18. The molecule has 0 spiro atoms. The van der Waals surface area contributed by atoms with Crippen molar-refractivity contribution in [2.45, 2.75) is 32.9 Å². The van der Waals surface area contributed by atoms with E-state index < -0.39 is 5.91 Å². The first kappa shape index (κ1) is 19.1. The Bertz CT molecular complexity index is 725. The van der Waals surface area contributed by atoms with Gasteiger partial charge in [-0.25, -0.2) is 0 Å². The third-order valence-corrected chi connectivity index (χ3v) is 3.76. The van der Waals surface area contributed by atoms with Gasteiger partial charge in [-0.2, -0.15) is 0 Å². The van der Waals surface area contributed by atoms with E-state index in [-0.39, 0.29) is 30.4 Å². The van der Waals surface area contributed by atoms with E-state index in [0.717, 1.165) is 11.3 Å². The Morgan fingerprint density at radius 1 is 1.12 bits per heavy atom. The fourth-order valence-corrected chi connectivity index (χ4v) is 2.47. The largest absolute Gasteiger partial charge is 0.491 e. The lowest BCUT2D eigenvalue weighted by molar-refractivity contribution is -0.120. The summed E-state index contributed by atoms with van der Waals surface area (Å²) in [7, 11) is 0. The van der Waals surface area contributed by atoms with Crippen molar-refractivity contribution in [1.82, 2.24) is 10.6 Å². The molecule has 1 heterocycles. The van der Waals surface area contributed by atoms with Crippen LogP contribution in [0.3, 0.4) is 0 Å². The molecule has 0 aliphatic rings. The van der Waals surface area contributed by atoms with Gasteiger partial charge in [0, 0.05) is 0 Å². The van der Waals surface area contributed by atoms with Crippen LogP contribution in [0.1, 0.15) is 42.9 Å². The van der Waals surface area contributed by atoms with E-state index in [0.29, 0.717) is 4.67 Å². The maximum atomic E-state index is 12.0. The van der Waals surface area contributed by atoms with E-state index in [4.69, 9.17) is 9.15 Å². The fourth-order valence-electron chi connectivity index (χ4n) is 2.17. The van der Waals surface area contributed by atoms with E-state index in [2.05, 4.69) is 26.6 Å². The molecule has 0 saturated heterocycles. The number of hydrogen-bond donors (Lipinski definition) is 2. The summed E-state index contributed by atoms with van der Waals surface area (Å²) >= 11 is 3.12. The number of amides is 2. The van der Waals surface area contributed by atoms with Crippen molar-refractivity contribution < 1.29 is 18.7 Å². The van der Waals surface area contributed by atoms with Gasteiger partial charge in [0.2, 0.25) is 5.91 Å². The third-order valence-electron chi connectivity index (χ3n) is 3.34. The second-order valence-corrected chi connectivity index (χ2v) is 6.59. The van der Waals surface area contributed by atoms with Crippen molar-refractivity contribution >= 4 is 27.7 Å². The zero-order chi connectivity index (χ0) is 18.4. The summed E-state index contributed by atoms with van der Waals surface area (Å²) in [5.74, 6) is 0.209. The topological polar surface area (TPSA) is 80.6 Å². The van der Waals surface area contributed by atoms with Gasteiger partial charge < -0.3 is 19.8 Å². The van der Waals surface area contributed by atoms with Gasteiger partial charge in [-0.05, 0) is 66.5 Å². The first-order chi connectivity index (χ1) is 11.8. The van der Waals surface area contributed by atoms with Crippen molar-refractivity contribution in [2.24, 2.45) is 0 Å². The Kier molecular flexibility index (Phi) is 6.64. The number of halogens is 1. The highest BCUT2D eigenvalue weighted by atomic mass is 79.9. The van der Waals surface area contributed by atoms with Crippen LogP contribution in [0.2, 0.25) is 0 Å². The van der Waals surface area contributed by atoms with Crippen LogP contribution in [0, 0.1) is 0 Å². The molecule has 1 aromatic carbocycles. The maximum absolute atomic E-state index is 12.0. The SMILES string of the molecule is CC(C)Oc1ccc(C(C)NC(=O)CNC(=O)c2ccc(Br)o2)cc1. The fraction of sp³-hybridized carbons (Fsp3) is 0.333. The zero-order valence-electron chi connectivity index (χ0n) is 14.3. The second-order valence-electron chi connectivity index (χ2n) is 5.81. The lowest BCUT2D eigenvalue weighted by Crippen LogP contribution is -2.37. The predicted molar refractivity (Wildman–Crippen MR) is 97.5 cm³/mol. The predicted octanol–water partition coefficient (Wildman–Crippen LogP) is 3.44. The normalized spacial score (nSPS) is 11.9. The van der Waals surface area contributed by atoms with E-state index in [1.807, 2.05) is 45.0 Å². The number of ether oxygens (including phenoxy) is 1. The van der Waals surface area contributed by atoms with Crippen molar-refractivity contribution in [2.75, 3.05) is 6.54 Å². The minimum atomic E-state index is -0.441. The molecule has 1 atom stereocenters. The number of carbonyl (C=O) groups is 2. The molecule has 0 fully saturated rings. The number of furan rings is 1. The Labute approximate surface area is 155 Å². The van der Waals surface area contributed by atoms with Crippen LogP contribution in [0.5, 0.6) is 5.75 Å². The molecule has 2 rings (SSSR count). The van der Waals surface area contributed by atoms with Crippen LogP contribution in [-0.2, 0) is 4.79 Å². The van der Waals surface area contributed by atoms with E-state index in [1.54, 1.807) is 6.07 Å². The number of carbonyl (C=O) groups excluding carboxylic acids is 2. The van der Waals surface area contributed by atoms with Crippen LogP contribution in [0.15, 0.2) is 45.5 Å². The molecule has 134 valence electrons. The summed E-state index contributed by atoms with van der Waals surface area (Å²) in [6.45, 7) is 5.68. The minimum Gasteiger partial charge on any atom is -0.491 e. The first-order valence-electron chi connectivity index (χ1n) is 7.94. The van der Waals surface area contributed by atoms with Gasteiger partial charge >= 0.3 is 0 Å².